The van der Waals surface area contributed by atoms with E-state index in [1.165, 1.54) is 0 Å². The van der Waals surface area contributed by atoms with Gasteiger partial charge in [0, 0.05) is 12.1 Å². The van der Waals surface area contributed by atoms with Gasteiger partial charge in [-0.25, -0.2) is 4.79 Å². The van der Waals surface area contributed by atoms with Gasteiger partial charge in [-0.2, -0.15) is 0 Å². The minimum Gasteiger partial charge on any atom is -0.489 e. The second kappa shape index (κ2) is 9.39. The van der Waals surface area contributed by atoms with E-state index in [0.29, 0.717) is 17.9 Å². The number of nitrogens with one attached hydrogen (secondary N) is 1. The van der Waals surface area contributed by atoms with Crippen LogP contribution in [-0.4, -0.2) is 34.6 Å². The average Bonchev–Trinajstić information content (AvgIpc) is 2.63. The van der Waals surface area contributed by atoms with Crippen LogP contribution in [0, 0.1) is 0 Å². The third kappa shape index (κ3) is 6.92. The van der Waals surface area contributed by atoms with E-state index >= 15 is 0 Å². The van der Waals surface area contributed by atoms with Crippen LogP contribution in [0.1, 0.15) is 38.0 Å². The molecule has 0 aliphatic rings. The first kappa shape index (κ1) is 20.7. The van der Waals surface area contributed by atoms with Crippen LogP contribution in [0.15, 0.2) is 54.6 Å². The first-order valence-electron chi connectivity index (χ1n) is 8.85. The molecule has 0 fully saturated rings. The molecule has 0 radical (unpaired) electrons. The van der Waals surface area contributed by atoms with Crippen LogP contribution in [0.25, 0.3) is 0 Å². The normalized spacial score (nSPS) is 13.5. The monoisotopic (exact) mass is 373 g/mol. The molecule has 2 aromatic rings. The van der Waals surface area contributed by atoms with E-state index in [9.17, 15) is 15.0 Å². The van der Waals surface area contributed by atoms with E-state index in [0.717, 1.165) is 5.56 Å². The summed E-state index contributed by atoms with van der Waals surface area (Å²) in [4.78, 5) is 11.7. The number of carbonyl (C=O) groups is 1. The van der Waals surface area contributed by atoms with E-state index in [1.807, 2.05) is 30.3 Å². The van der Waals surface area contributed by atoms with Gasteiger partial charge in [0.25, 0.3) is 0 Å². The summed E-state index contributed by atoms with van der Waals surface area (Å²) in [5.74, 6) is 0.477. The van der Waals surface area contributed by atoms with E-state index in [4.69, 9.17) is 9.47 Å². The Balaban J connectivity index is 1.96. The van der Waals surface area contributed by atoms with Crippen molar-refractivity contribution in [2.45, 2.75) is 45.2 Å². The molecule has 1 amide bonds. The predicted molar refractivity (Wildman–Crippen MR) is 102 cm³/mol. The molecule has 27 heavy (non-hydrogen) atoms. The standard InChI is InChI=1S/C21H27NO5/c1-21(2,3)27-20(25)22-13-17(23)19(24)16-11-7-8-12-18(16)26-14-15-9-5-4-6-10-15/h4-12,17,19,23-24H,13-14H2,1-3H3,(H,22,25). The Kier molecular flexibility index (Phi) is 7.21. The van der Waals surface area contributed by atoms with Crippen LogP contribution >= 0.6 is 0 Å². The topological polar surface area (TPSA) is 88.0 Å². The molecule has 0 spiro atoms. The molecule has 0 aliphatic heterocycles. The number of carbonyl (C=O) groups excluding carboxylic acids is 1. The maximum absolute atomic E-state index is 11.7. The number of amides is 1. The lowest BCUT2D eigenvalue weighted by atomic mass is 10.0. The summed E-state index contributed by atoms with van der Waals surface area (Å²) in [5.41, 5.74) is 0.812. The van der Waals surface area contributed by atoms with Gasteiger partial charge in [-0.3, -0.25) is 0 Å². The fourth-order valence-corrected chi connectivity index (χ4v) is 2.41. The average molecular weight is 373 g/mol. The van der Waals surface area contributed by atoms with E-state index in [-0.39, 0.29) is 6.54 Å². The Morgan fingerprint density at radius 1 is 1.04 bits per heavy atom. The Hall–Kier alpha value is -2.57. The fourth-order valence-electron chi connectivity index (χ4n) is 2.41. The Morgan fingerprint density at radius 2 is 1.67 bits per heavy atom. The van der Waals surface area contributed by atoms with Crippen LogP contribution in [0.2, 0.25) is 0 Å². The van der Waals surface area contributed by atoms with Crippen molar-refractivity contribution in [3.05, 3.63) is 65.7 Å². The van der Waals surface area contributed by atoms with E-state index < -0.39 is 23.9 Å². The van der Waals surface area contributed by atoms with Crippen LogP contribution in [0.4, 0.5) is 4.79 Å². The van der Waals surface area contributed by atoms with Crippen LogP contribution in [0.3, 0.4) is 0 Å². The van der Waals surface area contributed by atoms with Crippen molar-refractivity contribution in [1.29, 1.82) is 0 Å². The first-order chi connectivity index (χ1) is 12.8. The van der Waals surface area contributed by atoms with Gasteiger partial charge < -0.3 is 25.0 Å². The zero-order chi connectivity index (χ0) is 19.9. The van der Waals surface area contributed by atoms with Crippen molar-refractivity contribution in [1.82, 2.24) is 5.32 Å². The van der Waals surface area contributed by atoms with Crippen LogP contribution in [-0.2, 0) is 11.3 Å². The number of rotatable bonds is 7. The molecule has 6 heteroatoms. The third-order valence-electron chi connectivity index (χ3n) is 3.69. The Morgan fingerprint density at radius 3 is 2.33 bits per heavy atom. The molecule has 0 aromatic heterocycles. The zero-order valence-corrected chi connectivity index (χ0v) is 15.9. The highest BCUT2D eigenvalue weighted by Crippen LogP contribution is 2.28. The maximum Gasteiger partial charge on any atom is 0.407 e. The molecule has 2 aromatic carbocycles. The molecular formula is C21H27NO5. The van der Waals surface area contributed by atoms with Crippen molar-refractivity contribution in [3.8, 4) is 5.75 Å². The van der Waals surface area contributed by atoms with Crippen molar-refractivity contribution in [2.24, 2.45) is 0 Å². The summed E-state index contributed by atoms with van der Waals surface area (Å²) in [6.07, 6.45) is -3.08. The molecule has 2 rings (SSSR count). The maximum atomic E-state index is 11.7. The smallest absolute Gasteiger partial charge is 0.407 e. The van der Waals surface area contributed by atoms with Gasteiger partial charge in [-0.05, 0) is 32.4 Å². The van der Waals surface area contributed by atoms with Gasteiger partial charge in [0.05, 0.1) is 0 Å². The molecule has 0 heterocycles. The highest BCUT2D eigenvalue weighted by atomic mass is 16.6. The van der Waals surface area contributed by atoms with Gasteiger partial charge in [-0.15, -0.1) is 0 Å². The molecule has 3 N–H and O–H groups in total. The third-order valence-corrected chi connectivity index (χ3v) is 3.69. The van der Waals surface area contributed by atoms with Crippen molar-refractivity contribution in [3.63, 3.8) is 0 Å². The lowest BCUT2D eigenvalue weighted by molar-refractivity contribution is 0.0115. The first-order valence-corrected chi connectivity index (χ1v) is 8.85. The summed E-state index contributed by atoms with van der Waals surface area (Å²) in [5, 5.41) is 23.2. The van der Waals surface area contributed by atoms with Gasteiger partial charge in [0.1, 0.15) is 30.2 Å². The highest BCUT2D eigenvalue weighted by Gasteiger charge is 2.23. The van der Waals surface area contributed by atoms with Crippen LogP contribution in [0.5, 0.6) is 5.75 Å². The number of hydrogen-bond acceptors (Lipinski definition) is 5. The molecular weight excluding hydrogens is 346 g/mol. The zero-order valence-electron chi connectivity index (χ0n) is 15.9. The predicted octanol–water partition coefficient (Wildman–Crippen LogP) is 3.18. The molecule has 2 atom stereocenters. The minimum absolute atomic E-state index is 0.150. The van der Waals surface area contributed by atoms with Crippen LogP contribution < -0.4 is 10.1 Å². The van der Waals surface area contributed by atoms with E-state index in [2.05, 4.69) is 5.32 Å². The minimum atomic E-state index is -1.22. The number of aliphatic hydroxyl groups excluding tert-OH is 2. The SMILES string of the molecule is CC(C)(C)OC(=O)NCC(O)C(O)c1ccccc1OCc1ccccc1. The summed E-state index contributed by atoms with van der Waals surface area (Å²) in [6, 6.07) is 16.6. The number of aliphatic hydroxyl groups is 2. The summed E-state index contributed by atoms with van der Waals surface area (Å²) < 4.78 is 10.9. The van der Waals surface area contributed by atoms with E-state index in [1.54, 1.807) is 45.0 Å². The van der Waals surface area contributed by atoms with Gasteiger partial charge in [-0.1, -0.05) is 48.5 Å². The number of benzene rings is 2. The fraction of sp³-hybridized carbons (Fsp3) is 0.381. The largest absolute Gasteiger partial charge is 0.489 e. The second-order valence-corrected chi connectivity index (χ2v) is 7.21. The van der Waals surface area contributed by atoms with Gasteiger partial charge >= 0.3 is 6.09 Å². The summed E-state index contributed by atoms with van der Waals surface area (Å²) in [7, 11) is 0. The lowest BCUT2D eigenvalue weighted by Crippen LogP contribution is -2.38. The van der Waals surface area contributed by atoms with Gasteiger partial charge in [0.15, 0.2) is 0 Å². The van der Waals surface area contributed by atoms with Crippen molar-refractivity contribution in [2.75, 3.05) is 6.54 Å². The Bertz CT molecular complexity index is 727. The molecule has 0 bridgehead atoms. The van der Waals surface area contributed by atoms with Crippen molar-refractivity contribution < 1.29 is 24.5 Å². The molecule has 146 valence electrons. The number of alkyl carbamates (subject to hydrolysis) is 1. The lowest BCUT2D eigenvalue weighted by Gasteiger charge is -2.23. The molecule has 6 nitrogen and oxygen atoms in total. The molecule has 2 unspecified atom stereocenters. The summed E-state index contributed by atoms with van der Waals surface area (Å²) >= 11 is 0. The number of ether oxygens (including phenoxy) is 2. The highest BCUT2D eigenvalue weighted by molar-refractivity contribution is 5.67. The summed E-state index contributed by atoms with van der Waals surface area (Å²) in [6.45, 7) is 5.44. The molecule has 0 aliphatic carbocycles. The molecule has 0 saturated carbocycles. The Labute approximate surface area is 159 Å². The molecule has 0 saturated heterocycles. The number of para-hydroxylation sites is 1. The quantitative estimate of drug-likeness (QED) is 0.694. The second-order valence-electron chi connectivity index (χ2n) is 7.21. The van der Waals surface area contributed by atoms with Gasteiger partial charge in [0.2, 0.25) is 0 Å². The van der Waals surface area contributed by atoms with Crippen molar-refractivity contribution >= 4 is 6.09 Å². The number of hydrogen-bond donors (Lipinski definition) is 3.